The molecule has 0 saturated heterocycles. The molecule has 0 fully saturated rings. The summed E-state index contributed by atoms with van der Waals surface area (Å²) in [5, 5.41) is 2.89. The lowest BCUT2D eigenvalue weighted by Crippen LogP contribution is -2.13. The van der Waals surface area contributed by atoms with Crippen molar-refractivity contribution in [3.63, 3.8) is 0 Å². The number of hydrogen-bond donors (Lipinski definition) is 1. The second-order valence-electron chi connectivity index (χ2n) is 6.31. The summed E-state index contributed by atoms with van der Waals surface area (Å²) in [5.74, 6) is 0.321. The summed E-state index contributed by atoms with van der Waals surface area (Å²) < 4.78 is 7.88. The highest BCUT2D eigenvalue weighted by atomic mass is 16.5. The average molecular weight is 357 g/mol. The van der Waals surface area contributed by atoms with Crippen LogP contribution in [0.2, 0.25) is 0 Å². The van der Waals surface area contributed by atoms with Gasteiger partial charge in [-0.2, -0.15) is 0 Å². The molecule has 0 aliphatic rings. The van der Waals surface area contributed by atoms with Crippen LogP contribution in [0.5, 0.6) is 5.75 Å². The van der Waals surface area contributed by atoms with Crippen LogP contribution in [0.25, 0.3) is 5.65 Å². The minimum Gasteiger partial charge on any atom is -0.486 e. The number of nitrogens with one attached hydrogen (secondary N) is 1. The van der Waals surface area contributed by atoms with Crippen molar-refractivity contribution in [3.05, 3.63) is 95.9 Å². The Morgan fingerprint density at radius 1 is 1.00 bits per heavy atom. The van der Waals surface area contributed by atoms with E-state index in [1.165, 1.54) is 0 Å². The second kappa shape index (κ2) is 7.33. The summed E-state index contributed by atoms with van der Waals surface area (Å²) in [6, 6.07) is 20.6. The van der Waals surface area contributed by atoms with Crippen LogP contribution in [0.3, 0.4) is 0 Å². The highest BCUT2D eigenvalue weighted by molar-refractivity contribution is 6.06. The lowest BCUT2D eigenvalue weighted by atomic mass is 10.2. The van der Waals surface area contributed by atoms with Crippen molar-refractivity contribution < 1.29 is 9.53 Å². The Hall–Kier alpha value is -3.60. The van der Waals surface area contributed by atoms with E-state index in [9.17, 15) is 4.79 Å². The number of ether oxygens (including phenoxy) is 1. The minimum atomic E-state index is -0.206. The van der Waals surface area contributed by atoms with Gasteiger partial charge in [0.05, 0.1) is 11.3 Å². The zero-order valence-corrected chi connectivity index (χ0v) is 14.9. The van der Waals surface area contributed by atoms with Crippen molar-refractivity contribution >= 4 is 17.2 Å². The molecular formula is C22H19N3O2. The van der Waals surface area contributed by atoms with E-state index < -0.39 is 0 Å². The van der Waals surface area contributed by atoms with E-state index >= 15 is 0 Å². The summed E-state index contributed by atoms with van der Waals surface area (Å²) >= 11 is 0. The molecule has 5 nitrogen and oxygen atoms in total. The molecule has 0 bridgehead atoms. The van der Waals surface area contributed by atoms with Gasteiger partial charge in [-0.25, -0.2) is 4.98 Å². The Balaban J connectivity index is 1.51. The van der Waals surface area contributed by atoms with Crippen LogP contribution in [0.15, 0.2) is 79.1 Å². The molecule has 5 heteroatoms. The predicted octanol–water partition coefficient (Wildman–Crippen LogP) is 4.47. The van der Waals surface area contributed by atoms with Gasteiger partial charge in [0.1, 0.15) is 18.0 Å². The molecule has 2 heterocycles. The third-order valence-corrected chi connectivity index (χ3v) is 4.19. The number of carbonyl (C=O) groups excluding carboxylic acids is 1. The maximum absolute atomic E-state index is 12.6. The highest BCUT2D eigenvalue weighted by Gasteiger charge is 2.13. The Bertz CT molecular complexity index is 1090. The van der Waals surface area contributed by atoms with Crippen molar-refractivity contribution in [2.24, 2.45) is 0 Å². The molecule has 0 aliphatic heterocycles. The first-order valence-corrected chi connectivity index (χ1v) is 8.71. The van der Waals surface area contributed by atoms with E-state index in [1.54, 1.807) is 12.1 Å². The van der Waals surface area contributed by atoms with E-state index in [1.807, 2.05) is 78.3 Å². The van der Waals surface area contributed by atoms with Crippen LogP contribution >= 0.6 is 0 Å². The number of pyridine rings is 1. The molecule has 0 spiro atoms. The summed E-state index contributed by atoms with van der Waals surface area (Å²) in [7, 11) is 0. The summed E-state index contributed by atoms with van der Waals surface area (Å²) in [6.45, 7) is 2.33. The fraction of sp³-hybridized carbons (Fsp3) is 0.0909. The molecule has 4 rings (SSSR count). The van der Waals surface area contributed by atoms with Crippen molar-refractivity contribution in [3.8, 4) is 5.75 Å². The van der Waals surface area contributed by atoms with Crippen molar-refractivity contribution in [1.29, 1.82) is 0 Å². The van der Waals surface area contributed by atoms with Gasteiger partial charge in [-0.15, -0.1) is 0 Å². The highest BCUT2D eigenvalue weighted by Crippen LogP contribution is 2.21. The Morgan fingerprint density at radius 2 is 1.78 bits per heavy atom. The summed E-state index contributed by atoms with van der Waals surface area (Å²) in [4.78, 5) is 17.2. The fourth-order valence-corrected chi connectivity index (χ4v) is 2.88. The van der Waals surface area contributed by atoms with Gasteiger partial charge in [-0.3, -0.25) is 4.79 Å². The fourth-order valence-electron chi connectivity index (χ4n) is 2.88. The summed E-state index contributed by atoms with van der Waals surface area (Å²) in [5.41, 5.74) is 4.07. The first-order valence-electron chi connectivity index (χ1n) is 8.71. The zero-order valence-electron chi connectivity index (χ0n) is 14.9. The topological polar surface area (TPSA) is 55.6 Å². The smallest absolute Gasteiger partial charge is 0.259 e. The van der Waals surface area contributed by atoms with E-state index in [0.29, 0.717) is 11.3 Å². The number of carbonyl (C=O) groups is 1. The van der Waals surface area contributed by atoms with Crippen LogP contribution in [-0.2, 0) is 6.61 Å². The number of hydrogen-bond acceptors (Lipinski definition) is 3. The molecule has 134 valence electrons. The van der Waals surface area contributed by atoms with Crippen LogP contribution in [0.4, 0.5) is 5.69 Å². The maximum atomic E-state index is 12.6. The SMILES string of the molecule is Cc1ccc2nc(COc3ccccc3C(=O)Nc3ccccc3)cn2c1. The first-order chi connectivity index (χ1) is 13.2. The molecule has 0 radical (unpaired) electrons. The molecule has 4 aromatic rings. The van der Waals surface area contributed by atoms with Crippen LogP contribution in [-0.4, -0.2) is 15.3 Å². The van der Waals surface area contributed by atoms with Gasteiger partial charge in [0.15, 0.2) is 0 Å². The van der Waals surface area contributed by atoms with E-state index in [2.05, 4.69) is 10.3 Å². The van der Waals surface area contributed by atoms with Crippen LogP contribution in [0.1, 0.15) is 21.6 Å². The minimum absolute atomic E-state index is 0.206. The van der Waals surface area contributed by atoms with Crippen molar-refractivity contribution in [2.75, 3.05) is 5.32 Å². The second-order valence-corrected chi connectivity index (χ2v) is 6.31. The quantitative estimate of drug-likeness (QED) is 0.573. The third kappa shape index (κ3) is 3.82. The van der Waals surface area contributed by atoms with E-state index in [4.69, 9.17) is 4.74 Å². The Kier molecular flexibility index (Phi) is 4.58. The number of anilines is 1. The third-order valence-electron chi connectivity index (χ3n) is 4.19. The van der Waals surface area contributed by atoms with Gasteiger partial charge >= 0.3 is 0 Å². The van der Waals surface area contributed by atoms with Crippen LogP contribution in [0, 0.1) is 6.92 Å². The number of fused-ring (bicyclic) bond motifs is 1. The van der Waals surface area contributed by atoms with E-state index in [-0.39, 0.29) is 12.5 Å². The number of aromatic nitrogens is 2. The van der Waals surface area contributed by atoms with E-state index in [0.717, 1.165) is 22.6 Å². The van der Waals surface area contributed by atoms with Gasteiger partial charge in [-0.05, 0) is 42.8 Å². The lowest BCUT2D eigenvalue weighted by Gasteiger charge is -2.11. The maximum Gasteiger partial charge on any atom is 0.259 e. The number of aryl methyl sites for hydroxylation is 1. The van der Waals surface area contributed by atoms with Gasteiger partial charge in [0.25, 0.3) is 5.91 Å². The Labute approximate surface area is 157 Å². The largest absolute Gasteiger partial charge is 0.486 e. The molecule has 2 aromatic heterocycles. The monoisotopic (exact) mass is 357 g/mol. The van der Waals surface area contributed by atoms with Gasteiger partial charge in [-0.1, -0.05) is 36.4 Å². The zero-order chi connectivity index (χ0) is 18.6. The van der Waals surface area contributed by atoms with Crippen LogP contribution < -0.4 is 10.1 Å². The molecule has 2 aromatic carbocycles. The first kappa shape index (κ1) is 16.8. The molecule has 0 unspecified atom stereocenters. The number of imidazole rings is 1. The predicted molar refractivity (Wildman–Crippen MR) is 105 cm³/mol. The molecule has 0 atom stereocenters. The van der Waals surface area contributed by atoms with Gasteiger partial charge in [0, 0.05) is 18.1 Å². The molecule has 1 amide bonds. The number of rotatable bonds is 5. The molecule has 0 saturated carbocycles. The molecule has 1 N–H and O–H groups in total. The standard InChI is InChI=1S/C22H19N3O2/c1-16-11-12-21-23-18(14-25(21)13-16)15-27-20-10-6-5-9-19(20)22(26)24-17-7-3-2-4-8-17/h2-14H,15H2,1H3,(H,24,26). The molecule has 27 heavy (non-hydrogen) atoms. The van der Waals surface area contributed by atoms with Gasteiger partial charge in [0.2, 0.25) is 0 Å². The number of para-hydroxylation sites is 2. The van der Waals surface area contributed by atoms with Gasteiger partial charge < -0.3 is 14.5 Å². The molecule has 0 aliphatic carbocycles. The summed E-state index contributed by atoms with van der Waals surface area (Å²) in [6.07, 6.45) is 3.96. The number of nitrogens with zero attached hydrogens (tertiary/aromatic N) is 2. The van der Waals surface area contributed by atoms with Crippen molar-refractivity contribution in [2.45, 2.75) is 13.5 Å². The number of amides is 1. The number of benzene rings is 2. The van der Waals surface area contributed by atoms with Crippen molar-refractivity contribution in [1.82, 2.24) is 9.38 Å². The molecular weight excluding hydrogens is 338 g/mol. The average Bonchev–Trinajstić information content (AvgIpc) is 3.09. The lowest BCUT2D eigenvalue weighted by molar-refractivity contribution is 0.102. The Morgan fingerprint density at radius 3 is 2.63 bits per heavy atom. The normalized spacial score (nSPS) is 10.7.